The van der Waals surface area contributed by atoms with Gasteiger partial charge in [0, 0.05) is 13.1 Å². The van der Waals surface area contributed by atoms with Gasteiger partial charge in [0.15, 0.2) is 0 Å². The van der Waals surface area contributed by atoms with Crippen LogP contribution >= 0.6 is 0 Å². The average molecular weight is 554 g/mol. The monoisotopic (exact) mass is 553 g/mol. The number of amides is 2. The van der Waals surface area contributed by atoms with Crippen molar-refractivity contribution in [2.24, 2.45) is 0 Å². The highest BCUT2D eigenvalue weighted by atomic mass is 32.2. The van der Waals surface area contributed by atoms with E-state index in [2.05, 4.69) is 5.32 Å². The van der Waals surface area contributed by atoms with Crippen LogP contribution in [-0.4, -0.2) is 44.3 Å². The Labute approximate surface area is 230 Å². The summed E-state index contributed by atoms with van der Waals surface area (Å²) in [5, 5.41) is 2.87. The van der Waals surface area contributed by atoms with Crippen LogP contribution in [0.15, 0.2) is 77.7 Å². The highest BCUT2D eigenvalue weighted by Gasteiger charge is 2.33. The number of carbonyl (C=O) groups is 2. The third-order valence-electron chi connectivity index (χ3n) is 6.54. The quantitative estimate of drug-likeness (QED) is 0.343. The molecule has 0 saturated heterocycles. The number of anilines is 1. The van der Waals surface area contributed by atoms with Crippen molar-refractivity contribution >= 4 is 27.5 Å². The Morgan fingerprint density at radius 3 is 2.15 bits per heavy atom. The number of hydrogen-bond donors (Lipinski definition) is 1. The van der Waals surface area contributed by atoms with Crippen molar-refractivity contribution < 1.29 is 22.4 Å². The Morgan fingerprint density at radius 1 is 0.923 bits per heavy atom. The molecule has 0 radical (unpaired) electrons. The van der Waals surface area contributed by atoms with Gasteiger partial charge < -0.3 is 10.2 Å². The molecule has 0 saturated carbocycles. The predicted molar refractivity (Wildman–Crippen MR) is 151 cm³/mol. The SMILES string of the molecule is CCCNC(=O)C(CC)N(Cc1ccccc1C)C(=O)CN(c1ccc(C)cc1)S(=O)(=O)c1ccc(F)cc1. The molecule has 0 aliphatic rings. The first-order valence-electron chi connectivity index (χ1n) is 13.0. The number of rotatable bonds is 12. The highest BCUT2D eigenvalue weighted by Crippen LogP contribution is 2.25. The van der Waals surface area contributed by atoms with E-state index in [-0.39, 0.29) is 23.0 Å². The first-order chi connectivity index (χ1) is 18.6. The number of sulfonamides is 1. The van der Waals surface area contributed by atoms with E-state index >= 15 is 0 Å². The van der Waals surface area contributed by atoms with Gasteiger partial charge in [-0.25, -0.2) is 12.8 Å². The maximum Gasteiger partial charge on any atom is 0.264 e. The van der Waals surface area contributed by atoms with E-state index in [9.17, 15) is 22.4 Å². The van der Waals surface area contributed by atoms with Crippen molar-refractivity contribution in [2.45, 2.75) is 58.0 Å². The van der Waals surface area contributed by atoms with Crippen LogP contribution in [0.1, 0.15) is 43.4 Å². The zero-order chi connectivity index (χ0) is 28.6. The number of nitrogens with one attached hydrogen (secondary N) is 1. The zero-order valence-corrected chi connectivity index (χ0v) is 23.7. The third kappa shape index (κ3) is 7.44. The summed E-state index contributed by atoms with van der Waals surface area (Å²) in [6, 6.07) is 18.0. The lowest BCUT2D eigenvalue weighted by Crippen LogP contribution is -2.52. The van der Waals surface area contributed by atoms with E-state index in [4.69, 9.17) is 0 Å². The number of benzene rings is 3. The summed E-state index contributed by atoms with van der Waals surface area (Å²) in [5.74, 6) is -1.38. The van der Waals surface area contributed by atoms with E-state index in [1.165, 1.54) is 17.0 Å². The fraction of sp³-hybridized carbons (Fsp3) is 0.333. The molecule has 0 aliphatic carbocycles. The zero-order valence-electron chi connectivity index (χ0n) is 22.9. The fourth-order valence-corrected chi connectivity index (χ4v) is 5.64. The number of hydrogen-bond acceptors (Lipinski definition) is 4. The van der Waals surface area contributed by atoms with Gasteiger partial charge in [0.1, 0.15) is 18.4 Å². The molecule has 1 N–H and O–H groups in total. The Bertz CT molecular complexity index is 1380. The van der Waals surface area contributed by atoms with Crippen molar-refractivity contribution in [3.05, 3.63) is 95.3 Å². The molecule has 0 fully saturated rings. The molecule has 0 aliphatic heterocycles. The van der Waals surface area contributed by atoms with Crippen molar-refractivity contribution in [3.8, 4) is 0 Å². The van der Waals surface area contributed by atoms with Crippen LogP contribution in [0.5, 0.6) is 0 Å². The van der Waals surface area contributed by atoms with E-state index in [0.717, 1.165) is 39.5 Å². The van der Waals surface area contributed by atoms with Gasteiger partial charge in [-0.3, -0.25) is 13.9 Å². The summed E-state index contributed by atoms with van der Waals surface area (Å²) in [4.78, 5) is 28.4. The molecule has 39 heavy (non-hydrogen) atoms. The molecular weight excluding hydrogens is 517 g/mol. The van der Waals surface area contributed by atoms with Crippen molar-refractivity contribution in [3.63, 3.8) is 0 Å². The van der Waals surface area contributed by atoms with E-state index < -0.39 is 34.3 Å². The molecule has 3 aromatic rings. The molecule has 0 spiro atoms. The number of halogens is 1. The Morgan fingerprint density at radius 2 is 1.56 bits per heavy atom. The minimum Gasteiger partial charge on any atom is -0.354 e. The maximum atomic E-state index is 14.0. The lowest BCUT2D eigenvalue weighted by molar-refractivity contribution is -0.140. The van der Waals surface area contributed by atoms with Crippen LogP contribution < -0.4 is 9.62 Å². The van der Waals surface area contributed by atoms with E-state index in [1.54, 1.807) is 24.3 Å². The summed E-state index contributed by atoms with van der Waals surface area (Å²) in [6.07, 6.45) is 1.09. The van der Waals surface area contributed by atoms with Crippen LogP contribution in [-0.2, 0) is 26.2 Å². The summed E-state index contributed by atoms with van der Waals surface area (Å²) in [6.45, 7) is 7.63. The Balaban J connectivity index is 2.05. The standard InChI is InChI=1S/C30H36FN3O4S/c1-5-19-32-30(36)28(6-2)33(20-24-10-8-7-9-23(24)4)29(35)21-34(26-15-11-22(3)12-16-26)39(37,38)27-17-13-25(31)14-18-27/h7-18,28H,5-6,19-21H2,1-4H3,(H,32,36). The van der Waals surface area contributed by atoms with Crippen LogP contribution in [0.25, 0.3) is 0 Å². The number of nitrogens with zero attached hydrogens (tertiary/aromatic N) is 2. The summed E-state index contributed by atoms with van der Waals surface area (Å²) in [5.41, 5.74) is 3.02. The molecule has 9 heteroatoms. The Kier molecular flexibility index (Phi) is 10.2. The first kappa shape index (κ1) is 29.8. The van der Waals surface area contributed by atoms with Gasteiger partial charge in [-0.15, -0.1) is 0 Å². The fourth-order valence-electron chi connectivity index (χ4n) is 4.23. The van der Waals surface area contributed by atoms with Crippen molar-refractivity contribution in [1.29, 1.82) is 0 Å². The van der Waals surface area contributed by atoms with Crippen molar-refractivity contribution in [2.75, 3.05) is 17.4 Å². The van der Waals surface area contributed by atoms with Crippen molar-refractivity contribution in [1.82, 2.24) is 10.2 Å². The summed E-state index contributed by atoms with van der Waals surface area (Å²) < 4.78 is 42.1. The minimum absolute atomic E-state index is 0.141. The smallest absolute Gasteiger partial charge is 0.264 e. The molecule has 1 unspecified atom stereocenters. The molecule has 0 heterocycles. The van der Waals surface area contributed by atoms with Gasteiger partial charge in [0.05, 0.1) is 10.6 Å². The molecule has 208 valence electrons. The van der Waals surface area contributed by atoms with Crippen LogP contribution in [0.3, 0.4) is 0 Å². The van der Waals surface area contributed by atoms with Gasteiger partial charge in [-0.2, -0.15) is 0 Å². The second-order valence-corrected chi connectivity index (χ2v) is 11.3. The normalized spacial score (nSPS) is 12.0. The van der Waals surface area contributed by atoms with Gasteiger partial charge in [0.2, 0.25) is 11.8 Å². The van der Waals surface area contributed by atoms with Gasteiger partial charge in [-0.1, -0.05) is 55.8 Å². The highest BCUT2D eigenvalue weighted by molar-refractivity contribution is 7.92. The lowest BCUT2D eigenvalue weighted by Gasteiger charge is -2.33. The second-order valence-electron chi connectivity index (χ2n) is 9.46. The topological polar surface area (TPSA) is 86.8 Å². The predicted octanol–water partition coefficient (Wildman–Crippen LogP) is 4.97. The third-order valence-corrected chi connectivity index (χ3v) is 8.33. The summed E-state index contributed by atoms with van der Waals surface area (Å²) in [7, 11) is -4.24. The van der Waals surface area contributed by atoms with Crippen LogP contribution in [0, 0.1) is 19.7 Å². The van der Waals surface area contributed by atoms with Gasteiger partial charge >= 0.3 is 0 Å². The molecule has 7 nitrogen and oxygen atoms in total. The van der Waals surface area contributed by atoms with Gasteiger partial charge in [0.25, 0.3) is 10.0 Å². The number of carbonyl (C=O) groups excluding carboxylic acids is 2. The second kappa shape index (κ2) is 13.4. The average Bonchev–Trinajstić information content (AvgIpc) is 2.92. The van der Waals surface area contributed by atoms with E-state index in [1.807, 2.05) is 52.0 Å². The molecule has 1 atom stereocenters. The molecule has 3 rings (SSSR count). The molecule has 2 amide bonds. The maximum absolute atomic E-state index is 14.0. The van der Waals surface area contributed by atoms with Crippen LogP contribution in [0.4, 0.5) is 10.1 Å². The molecular formula is C30H36FN3O4S. The lowest BCUT2D eigenvalue weighted by atomic mass is 10.1. The minimum atomic E-state index is -4.24. The number of aryl methyl sites for hydroxylation is 2. The first-order valence-corrected chi connectivity index (χ1v) is 14.5. The molecule has 0 bridgehead atoms. The summed E-state index contributed by atoms with van der Waals surface area (Å²) >= 11 is 0. The Hall–Kier alpha value is -3.72. The van der Waals surface area contributed by atoms with Crippen LogP contribution in [0.2, 0.25) is 0 Å². The van der Waals surface area contributed by atoms with E-state index in [0.29, 0.717) is 13.0 Å². The largest absolute Gasteiger partial charge is 0.354 e. The molecule has 3 aromatic carbocycles. The van der Waals surface area contributed by atoms with Gasteiger partial charge in [-0.05, 0) is 74.2 Å². The molecule has 0 aromatic heterocycles.